The zero-order valence-corrected chi connectivity index (χ0v) is 20.2. The number of fused-ring (bicyclic) bond motifs is 1. The number of carbonyl (C=O) groups is 2. The molecule has 0 atom stereocenters. The van der Waals surface area contributed by atoms with Crippen molar-refractivity contribution in [2.24, 2.45) is 0 Å². The molecule has 2 aromatic carbocycles. The molecule has 0 aromatic heterocycles. The van der Waals surface area contributed by atoms with Crippen LogP contribution in [0.25, 0.3) is 11.1 Å². The number of benzene rings is 2. The summed E-state index contributed by atoms with van der Waals surface area (Å²) in [6, 6.07) is 9.08. The molecule has 3 rings (SSSR count). The minimum Gasteiger partial charge on any atom is -0.496 e. The monoisotopic (exact) mass is 490 g/mol. The summed E-state index contributed by atoms with van der Waals surface area (Å²) in [4.78, 5) is 23.6. The Morgan fingerprint density at radius 2 is 2.00 bits per heavy atom. The largest absolute Gasteiger partial charge is 0.496 e. The highest BCUT2D eigenvalue weighted by Gasteiger charge is 2.26. The number of methoxy groups -OCH3 is 1. The summed E-state index contributed by atoms with van der Waals surface area (Å²) in [5.41, 5.74) is 3.17. The number of ether oxygens (including phenoxy) is 2. The van der Waals surface area contributed by atoms with Crippen molar-refractivity contribution in [3.8, 4) is 22.6 Å². The molecule has 0 aliphatic carbocycles. The fourth-order valence-electron chi connectivity index (χ4n) is 3.99. The van der Waals surface area contributed by atoms with E-state index in [9.17, 15) is 23.1 Å². The molecular formula is C24H30N2O7S. The summed E-state index contributed by atoms with van der Waals surface area (Å²) in [5, 5.41) is 9.54. The van der Waals surface area contributed by atoms with Gasteiger partial charge in [-0.05, 0) is 72.8 Å². The van der Waals surface area contributed by atoms with Crippen LogP contribution in [0.15, 0.2) is 35.2 Å². The molecule has 1 aliphatic heterocycles. The average Bonchev–Trinajstić information content (AvgIpc) is 3.31. The van der Waals surface area contributed by atoms with Gasteiger partial charge >= 0.3 is 6.09 Å². The number of amides is 1. The second-order valence-corrected chi connectivity index (χ2v) is 9.83. The maximum absolute atomic E-state index is 12.6. The molecule has 9 nitrogen and oxygen atoms in total. The number of nitrogens with one attached hydrogen (secondary N) is 1. The lowest BCUT2D eigenvalue weighted by molar-refractivity contribution is -0.107. The number of aldehydes is 1. The first-order chi connectivity index (χ1) is 16.3. The summed E-state index contributed by atoms with van der Waals surface area (Å²) in [7, 11) is -0.799. The van der Waals surface area contributed by atoms with E-state index in [0.717, 1.165) is 28.5 Å². The van der Waals surface area contributed by atoms with Gasteiger partial charge < -0.3 is 24.3 Å². The standard InChI is InChI=1S/C24H30N2O7S/c1-25-34(30,31)22-16-20(15-19-9-13-33-23(19)22)17-6-7-21(32-2)18(14-17)8-11-26(24(28)29)10-4-3-5-12-27/h6-7,12,14-16,25H,3-5,8-11,13H2,1-2H3,(H,28,29). The van der Waals surface area contributed by atoms with Gasteiger partial charge in [0.05, 0.1) is 13.7 Å². The molecule has 0 unspecified atom stereocenters. The van der Waals surface area contributed by atoms with E-state index in [1.807, 2.05) is 18.2 Å². The van der Waals surface area contributed by atoms with Crippen molar-refractivity contribution in [2.45, 2.75) is 37.0 Å². The van der Waals surface area contributed by atoms with Crippen molar-refractivity contribution in [3.05, 3.63) is 41.5 Å². The van der Waals surface area contributed by atoms with Gasteiger partial charge in [-0.3, -0.25) is 0 Å². The van der Waals surface area contributed by atoms with Gasteiger partial charge in [-0.25, -0.2) is 17.9 Å². The molecule has 0 saturated carbocycles. The summed E-state index contributed by atoms with van der Waals surface area (Å²) in [5.74, 6) is 1.01. The third-order valence-corrected chi connectivity index (χ3v) is 7.26. The second kappa shape index (κ2) is 11.3. The number of sulfonamides is 1. The molecule has 1 aliphatic rings. The van der Waals surface area contributed by atoms with Crippen molar-refractivity contribution < 1.29 is 32.6 Å². The Labute approximate surface area is 199 Å². The predicted molar refractivity (Wildman–Crippen MR) is 127 cm³/mol. The Morgan fingerprint density at radius 1 is 1.21 bits per heavy atom. The summed E-state index contributed by atoms with van der Waals surface area (Å²) in [6.07, 6.45) is 2.54. The highest BCUT2D eigenvalue weighted by molar-refractivity contribution is 7.89. The van der Waals surface area contributed by atoms with E-state index in [-0.39, 0.29) is 11.4 Å². The molecule has 0 radical (unpaired) electrons. The van der Waals surface area contributed by atoms with Crippen LogP contribution in [0.4, 0.5) is 4.79 Å². The van der Waals surface area contributed by atoms with Crippen molar-refractivity contribution >= 4 is 22.4 Å². The van der Waals surface area contributed by atoms with E-state index >= 15 is 0 Å². The number of unbranched alkanes of at least 4 members (excludes halogenated alkanes) is 2. The van der Waals surface area contributed by atoms with Crippen LogP contribution in [-0.2, 0) is 27.7 Å². The Balaban J connectivity index is 1.89. The first kappa shape index (κ1) is 25.5. The number of nitrogens with zero attached hydrogens (tertiary/aromatic N) is 1. The van der Waals surface area contributed by atoms with E-state index in [2.05, 4.69) is 4.72 Å². The molecule has 0 fully saturated rings. The molecule has 0 saturated heterocycles. The lowest BCUT2D eigenvalue weighted by Crippen LogP contribution is -2.32. The van der Waals surface area contributed by atoms with Crippen LogP contribution in [-0.4, -0.2) is 64.7 Å². The Bertz CT molecular complexity index is 1150. The van der Waals surface area contributed by atoms with Gasteiger partial charge in [0, 0.05) is 25.9 Å². The molecule has 34 heavy (non-hydrogen) atoms. The van der Waals surface area contributed by atoms with Gasteiger partial charge in [-0.2, -0.15) is 0 Å². The van der Waals surface area contributed by atoms with Crippen molar-refractivity contribution in [1.82, 2.24) is 9.62 Å². The lowest BCUT2D eigenvalue weighted by atomic mass is 9.98. The van der Waals surface area contributed by atoms with Gasteiger partial charge in [-0.15, -0.1) is 0 Å². The fourth-order valence-corrected chi connectivity index (χ4v) is 4.93. The zero-order chi connectivity index (χ0) is 24.7. The normalized spacial score (nSPS) is 12.6. The highest BCUT2D eigenvalue weighted by Crippen LogP contribution is 2.38. The summed E-state index contributed by atoms with van der Waals surface area (Å²) >= 11 is 0. The minimum atomic E-state index is -3.71. The molecule has 0 bridgehead atoms. The van der Waals surface area contributed by atoms with Gasteiger partial charge in [0.25, 0.3) is 0 Å². The minimum absolute atomic E-state index is 0.102. The van der Waals surface area contributed by atoms with Crippen LogP contribution < -0.4 is 14.2 Å². The van der Waals surface area contributed by atoms with Crippen LogP contribution >= 0.6 is 0 Å². The molecule has 1 heterocycles. The van der Waals surface area contributed by atoms with Gasteiger partial charge in [0.2, 0.25) is 10.0 Å². The van der Waals surface area contributed by atoms with Gasteiger partial charge in [-0.1, -0.05) is 6.07 Å². The van der Waals surface area contributed by atoms with Crippen LogP contribution in [0, 0.1) is 0 Å². The van der Waals surface area contributed by atoms with Crippen LogP contribution in [0.5, 0.6) is 11.5 Å². The number of rotatable bonds is 12. The molecule has 1 amide bonds. The number of hydrogen-bond donors (Lipinski definition) is 2. The molecule has 10 heteroatoms. The number of carboxylic acid groups (broad SMARTS) is 1. The average molecular weight is 491 g/mol. The number of hydrogen-bond acceptors (Lipinski definition) is 6. The second-order valence-electron chi connectivity index (χ2n) is 7.98. The van der Waals surface area contributed by atoms with Crippen molar-refractivity contribution in [3.63, 3.8) is 0 Å². The topological polar surface area (TPSA) is 122 Å². The van der Waals surface area contributed by atoms with E-state index in [0.29, 0.717) is 56.8 Å². The van der Waals surface area contributed by atoms with E-state index in [4.69, 9.17) is 9.47 Å². The third-order valence-electron chi connectivity index (χ3n) is 5.84. The number of carbonyl (C=O) groups excluding carboxylic acids is 1. The predicted octanol–water partition coefficient (Wildman–Crippen LogP) is 3.10. The smallest absolute Gasteiger partial charge is 0.407 e. The molecular weight excluding hydrogens is 460 g/mol. The Kier molecular flexibility index (Phi) is 8.51. The fraction of sp³-hybridized carbons (Fsp3) is 0.417. The summed E-state index contributed by atoms with van der Waals surface area (Å²) in [6.45, 7) is 1.05. The summed E-state index contributed by atoms with van der Waals surface area (Å²) < 4.78 is 38.6. The Hall–Kier alpha value is -3.11. The highest BCUT2D eigenvalue weighted by atomic mass is 32.2. The van der Waals surface area contributed by atoms with Gasteiger partial charge in [0.1, 0.15) is 22.7 Å². The van der Waals surface area contributed by atoms with Crippen LogP contribution in [0.1, 0.15) is 30.4 Å². The molecule has 2 N–H and O–H groups in total. The first-order valence-electron chi connectivity index (χ1n) is 11.1. The first-order valence-corrected chi connectivity index (χ1v) is 12.6. The van der Waals surface area contributed by atoms with Crippen molar-refractivity contribution in [1.29, 1.82) is 0 Å². The molecule has 2 aromatic rings. The van der Waals surface area contributed by atoms with E-state index < -0.39 is 16.1 Å². The molecule has 184 valence electrons. The maximum Gasteiger partial charge on any atom is 0.407 e. The van der Waals surface area contributed by atoms with Gasteiger partial charge in [0.15, 0.2) is 0 Å². The van der Waals surface area contributed by atoms with Crippen LogP contribution in [0.2, 0.25) is 0 Å². The SMILES string of the molecule is CNS(=O)(=O)c1cc(-c2ccc(OC)c(CCN(CCCCC=O)C(=O)O)c2)cc2c1OCC2. The quantitative estimate of drug-likeness (QED) is 0.346. The van der Waals surface area contributed by atoms with Crippen LogP contribution in [0.3, 0.4) is 0 Å². The third kappa shape index (κ3) is 5.87. The maximum atomic E-state index is 12.6. The zero-order valence-electron chi connectivity index (χ0n) is 19.4. The Morgan fingerprint density at radius 3 is 2.68 bits per heavy atom. The molecule has 0 spiro atoms. The lowest BCUT2D eigenvalue weighted by Gasteiger charge is -2.20. The van der Waals surface area contributed by atoms with E-state index in [1.165, 1.54) is 11.9 Å². The van der Waals surface area contributed by atoms with E-state index in [1.54, 1.807) is 19.2 Å². The van der Waals surface area contributed by atoms with Crippen molar-refractivity contribution in [2.75, 3.05) is 33.9 Å².